The van der Waals surface area contributed by atoms with Gasteiger partial charge in [-0.3, -0.25) is 0 Å². The number of hydrogen-bond donors (Lipinski definition) is 3. The number of amides is 2. The largest absolute Gasteiger partial charge is 0.478 e. The van der Waals surface area contributed by atoms with E-state index >= 15 is 0 Å². The Kier molecular flexibility index (Phi) is 4.56. The predicted octanol–water partition coefficient (Wildman–Crippen LogP) is 3.01. The van der Waals surface area contributed by atoms with Crippen molar-refractivity contribution in [2.45, 2.75) is 13.5 Å². The normalized spacial score (nSPS) is 9.95. The maximum absolute atomic E-state index is 11.8. The number of aryl methyl sites for hydroxylation is 1. The van der Waals surface area contributed by atoms with Crippen LogP contribution in [0, 0.1) is 6.92 Å². The standard InChI is InChI=1S/C16H16N2O3/c1-11-9-13(15(19)20)7-8-14(11)18-16(21)17-10-12-5-3-2-4-6-12/h2-9H,10H2,1H3,(H,19,20)(H2,17,18,21). The Bertz CT molecular complexity index is 654. The summed E-state index contributed by atoms with van der Waals surface area (Å²) in [7, 11) is 0. The van der Waals surface area contributed by atoms with Crippen LogP contribution in [0.5, 0.6) is 0 Å². The molecule has 3 N–H and O–H groups in total. The molecule has 0 saturated heterocycles. The molecule has 5 heteroatoms. The number of anilines is 1. The Hall–Kier alpha value is -2.82. The fraction of sp³-hybridized carbons (Fsp3) is 0.125. The number of rotatable bonds is 4. The molecule has 0 fully saturated rings. The Morgan fingerprint density at radius 2 is 1.81 bits per heavy atom. The van der Waals surface area contributed by atoms with Gasteiger partial charge in [0.2, 0.25) is 0 Å². The first-order chi connectivity index (χ1) is 10.1. The smallest absolute Gasteiger partial charge is 0.335 e. The number of nitrogens with one attached hydrogen (secondary N) is 2. The highest BCUT2D eigenvalue weighted by Crippen LogP contribution is 2.16. The lowest BCUT2D eigenvalue weighted by Crippen LogP contribution is -2.28. The van der Waals surface area contributed by atoms with E-state index in [2.05, 4.69) is 10.6 Å². The van der Waals surface area contributed by atoms with Crippen LogP contribution in [0.15, 0.2) is 48.5 Å². The number of carbonyl (C=O) groups excluding carboxylic acids is 1. The van der Waals surface area contributed by atoms with E-state index in [-0.39, 0.29) is 11.6 Å². The first kappa shape index (κ1) is 14.6. The minimum Gasteiger partial charge on any atom is -0.478 e. The van der Waals surface area contributed by atoms with Crippen molar-refractivity contribution in [2.75, 3.05) is 5.32 Å². The first-order valence-electron chi connectivity index (χ1n) is 6.49. The van der Waals surface area contributed by atoms with Crippen molar-refractivity contribution in [3.63, 3.8) is 0 Å². The molecule has 0 saturated carbocycles. The van der Waals surface area contributed by atoms with Gasteiger partial charge >= 0.3 is 12.0 Å². The van der Waals surface area contributed by atoms with E-state index in [1.165, 1.54) is 12.1 Å². The summed E-state index contributed by atoms with van der Waals surface area (Å²) < 4.78 is 0. The highest BCUT2D eigenvalue weighted by Gasteiger charge is 2.08. The molecule has 0 aliphatic carbocycles. The zero-order chi connectivity index (χ0) is 15.2. The molecule has 0 spiro atoms. The quantitative estimate of drug-likeness (QED) is 0.807. The van der Waals surface area contributed by atoms with Gasteiger partial charge in [-0.15, -0.1) is 0 Å². The summed E-state index contributed by atoms with van der Waals surface area (Å²) in [5.41, 5.74) is 2.49. The second kappa shape index (κ2) is 6.56. The van der Waals surface area contributed by atoms with Crippen LogP contribution in [0.2, 0.25) is 0 Å². The number of benzene rings is 2. The van der Waals surface area contributed by atoms with E-state index in [9.17, 15) is 9.59 Å². The number of carboxylic acid groups (broad SMARTS) is 1. The van der Waals surface area contributed by atoms with Crippen molar-refractivity contribution in [1.82, 2.24) is 5.32 Å². The Labute approximate surface area is 122 Å². The average Bonchev–Trinajstić information content (AvgIpc) is 2.48. The molecule has 2 aromatic rings. The second-order valence-corrected chi connectivity index (χ2v) is 4.63. The summed E-state index contributed by atoms with van der Waals surface area (Å²) in [6, 6.07) is 13.8. The monoisotopic (exact) mass is 284 g/mol. The van der Waals surface area contributed by atoms with Gasteiger partial charge in [0.1, 0.15) is 0 Å². The average molecular weight is 284 g/mol. The number of carboxylic acids is 1. The van der Waals surface area contributed by atoms with Crippen molar-refractivity contribution >= 4 is 17.7 Å². The summed E-state index contributed by atoms with van der Waals surface area (Å²) in [6.45, 7) is 2.18. The van der Waals surface area contributed by atoms with Crippen molar-refractivity contribution < 1.29 is 14.7 Å². The Balaban J connectivity index is 1.95. The van der Waals surface area contributed by atoms with Gasteiger partial charge in [0, 0.05) is 12.2 Å². The molecule has 2 aromatic carbocycles. The molecule has 0 bridgehead atoms. The van der Waals surface area contributed by atoms with Gasteiger partial charge in [-0.25, -0.2) is 9.59 Å². The molecule has 5 nitrogen and oxygen atoms in total. The molecule has 2 amide bonds. The predicted molar refractivity (Wildman–Crippen MR) is 80.4 cm³/mol. The molecule has 21 heavy (non-hydrogen) atoms. The first-order valence-corrected chi connectivity index (χ1v) is 6.49. The molecule has 2 rings (SSSR count). The summed E-state index contributed by atoms with van der Waals surface area (Å²) in [6.07, 6.45) is 0. The molecule has 108 valence electrons. The highest BCUT2D eigenvalue weighted by atomic mass is 16.4. The Morgan fingerprint density at radius 3 is 2.43 bits per heavy atom. The number of hydrogen-bond acceptors (Lipinski definition) is 2. The number of aromatic carboxylic acids is 1. The van der Waals surface area contributed by atoms with Crippen molar-refractivity contribution in [1.29, 1.82) is 0 Å². The molecule has 0 aliphatic heterocycles. The maximum atomic E-state index is 11.8. The van der Waals surface area contributed by atoms with Crippen LogP contribution in [0.4, 0.5) is 10.5 Å². The van der Waals surface area contributed by atoms with Crippen LogP contribution >= 0.6 is 0 Å². The number of carbonyl (C=O) groups is 2. The van der Waals surface area contributed by atoms with Gasteiger partial charge in [-0.2, -0.15) is 0 Å². The summed E-state index contributed by atoms with van der Waals surface area (Å²) in [5, 5.41) is 14.3. The third-order valence-corrected chi connectivity index (χ3v) is 3.02. The summed E-state index contributed by atoms with van der Waals surface area (Å²) in [5.74, 6) is -0.988. The van der Waals surface area contributed by atoms with Crippen molar-refractivity contribution in [3.8, 4) is 0 Å². The molecule has 0 unspecified atom stereocenters. The lowest BCUT2D eigenvalue weighted by molar-refractivity contribution is 0.0697. The van der Waals surface area contributed by atoms with Gasteiger partial charge in [0.05, 0.1) is 5.56 Å². The molecule has 0 aliphatic rings. The van der Waals surface area contributed by atoms with Gasteiger partial charge < -0.3 is 15.7 Å². The third kappa shape index (κ3) is 4.07. The lowest BCUT2D eigenvalue weighted by Gasteiger charge is -2.10. The molecular formula is C16H16N2O3. The fourth-order valence-corrected chi connectivity index (χ4v) is 1.88. The van der Waals surface area contributed by atoms with Gasteiger partial charge in [0.25, 0.3) is 0 Å². The van der Waals surface area contributed by atoms with Gasteiger partial charge in [-0.1, -0.05) is 30.3 Å². The van der Waals surface area contributed by atoms with Crippen LogP contribution in [0.25, 0.3) is 0 Å². The van der Waals surface area contributed by atoms with Gasteiger partial charge in [0.15, 0.2) is 0 Å². The van der Waals surface area contributed by atoms with Crippen molar-refractivity contribution in [2.24, 2.45) is 0 Å². The molecule has 0 radical (unpaired) electrons. The van der Waals surface area contributed by atoms with Crippen LogP contribution < -0.4 is 10.6 Å². The maximum Gasteiger partial charge on any atom is 0.335 e. The van der Waals surface area contributed by atoms with Gasteiger partial charge in [-0.05, 0) is 36.2 Å². The van der Waals surface area contributed by atoms with E-state index < -0.39 is 5.97 Å². The van der Waals surface area contributed by atoms with E-state index in [1.54, 1.807) is 13.0 Å². The summed E-state index contributed by atoms with van der Waals surface area (Å²) in [4.78, 5) is 22.7. The van der Waals surface area contributed by atoms with E-state index in [1.807, 2.05) is 30.3 Å². The number of urea groups is 1. The summed E-state index contributed by atoms with van der Waals surface area (Å²) >= 11 is 0. The second-order valence-electron chi connectivity index (χ2n) is 4.63. The third-order valence-electron chi connectivity index (χ3n) is 3.02. The topological polar surface area (TPSA) is 78.4 Å². The highest BCUT2D eigenvalue weighted by molar-refractivity contribution is 5.92. The molecule has 0 aromatic heterocycles. The zero-order valence-electron chi connectivity index (χ0n) is 11.6. The molecular weight excluding hydrogens is 268 g/mol. The van der Waals surface area contributed by atoms with Crippen LogP contribution in [0.3, 0.4) is 0 Å². The van der Waals surface area contributed by atoms with Crippen LogP contribution in [-0.2, 0) is 6.54 Å². The lowest BCUT2D eigenvalue weighted by atomic mass is 10.1. The van der Waals surface area contributed by atoms with E-state index in [4.69, 9.17) is 5.11 Å². The van der Waals surface area contributed by atoms with Crippen molar-refractivity contribution in [3.05, 3.63) is 65.2 Å². The zero-order valence-corrected chi connectivity index (χ0v) is 11.6. The Morgan fingerprint density at radius 1 is 1.10 bits per heavy atom. The molecule has 0 atom stereocenters. The van der Waals surface area contributed by atoms with E-state index in [0.717, 1.165) is 5.56 Å². The van der Waals surface area contributed by atoms with Crippen LogP contribution in [0.1, 0.15) is 21.5 Å². The molecule has 0 heterocycles. The fourth-order valence-electron chi connectivity index (χ4n) is 1.88. The van der Waals surface area contributed by atoms with Crippen LogP contribution in [-0.4, -0.2) is 17.1 Å². The SMILES string of the molecule is Cc1cc(C(=O)O)ccc1NC(=O)NCc1ccccc1. The minimum absolute atomic E-state index is 0.197. The van der Waals surface area contributed by atoms with E-state index in [0.29, 0.717) is 17.8 Å². The minimum atomic E-state index is -0.988.